The lowest BCUT2D eigenvalue weighted by Crippen LogP contribution is -2.43. The maximum atomic E-state index is 11.6. The highest BCUT2D eigenvalue weighted by Crippen LogP contribution is 2.40. The summed E-state index contributed by atoms with van der Waals surface area (Å²) in [7, 11) is 1.62. The molecule has 2 bridgehead atoms. The number of rotatable bonds is 2. The van der Waals surface area contributed by atoms with Gasteiger partial charge in [-0.15, -0.1) is 0 Å². The molecule has 18 heavy (non-hydrogen) atoms. The number of Topliss-reactive ketones (excluding diaryl/α,β-unsaturated/α-hetero) is 1. The van der Waals surface area contributed by atoms with Gasteiger partial charge in [0.25, 0.3) is 0 Å². The molecule has 1 aromatic carbocycles. The van der Waals surface area contributed by atoms with Crippen LogP contribution in [0.4, 0.5) is 5.69 Å². The van der Waals surface area contributed by atoms with Crippen LogP contribution >= 0.6 is 11.6 Å². The molecule has 0 saturated carbocycles. The van der Waals surface area contributed by atoms with Crippen molar-refractivity contribution < 1.29 is 9.53 Å². The second kappa shape index (κ2) is 4.47. The van der Waals surface area contributed by atoms with Crippen LogP contribution in [0.1, 0.15) is 25.7 Å². The van der Waals surface area contributed by atoms with E-state index in [1.54, 1.807) is 7.11 Å². The van der Waals surface area contributed by atoms with E-state index in [2.05, 4.69) is 4.90 Å². The average Bonchev–Trinajstić information content (AvgIpc) is 2.61. The van der Waals surface area contributed by atoms with Crippen molar-refractivity contribution in [1.29, 1.82) is 0 Å². The Bertz CT molecular complexity index is 473. The maximum Gasteiger partial charge on any atom is 0.137 e. The van der Waals surface area contributed by atoms with Crippen LogP contribution in [0.3, 0.4) is 0 Å². The molecule has 2 saturated heterocycles. The Kier molecular flexibility index (Phi) is 2.94. The first kappa shape index (κ1) is 11.8. The van der Waals surface area contributed by atoms with Gasteiger partial charge in [-0.3, -0.25) is 4.79 Å². The SMILES string of the molecule is COc1ccc(N2C3CCC2CC(=O)C3)cc1Cl. The molecule has 3 nitrogen and oxygen atoms in total. The van der Waals surface area contributed by atoms with E-state index in [4.69, 9.17) is 16.3 Å². The van der Waals surface area contributed by atoms with Crippen molar-refractivity contribution in [3.63, 3.8) is 0 Å². The molecule has 0 radical (unpaired) electrons. The van der Waals surface area contributed by atoms with Gasteiger partial charge in [0.1, 0.15) is 11.5 Å². The van der Waals surface area contributed by atoms with E-state index in [0.29, 0.717) is 41.5 Å². The van der Waals surface area contributed by atoms with Crippen LogP contribution in [-0.4, -0.2) is 25.0 Å². The van der Waals surface area contributed by atoms with Crippen molar-refractivity contribution in [2.45, 2.75) is 37.8 Å². The lowest BCUT2D eigenvalue weighted by Gasteiger charge is -2.36. The van der Waals surface area contributed by atoms with Crippen LogP contribution in [-0.2, 0) is 4.79 Å². The quantitative estimate of drug-likeness (QED) is 0.823. The number of carbonyl (C=O) groups excluding carboxylic acids is 1. The number of halogens is 1. The van der Waals surface area contributed by atoms with Crippen LogP contribution < -0.4 is 9.64 Å². The topological polar surface area (TPSA) is 29.5 Å². The average molecular weight is 266 g/mol. The number of hydrogen-bond donors (Lipinski definition) is 0. The molecular formula is C14H16ClNO2. The van der Waals surface area contributed by atoms with Crippen molar-refractivity contribution in [1.82, 2.24) is 0 Å². The fraction of sp³-hybridized carbons (Fsp3) is 0.500. The number of anilines is 1. The molecule has 2 unspecified atom stereocenters. The first-order valence-corrected chi connectivity index (χ1v) is 6.70. The van der Waals surface area contributed by atoms with E-state index in [9.17, 15) is 4.79 Å². The summed E-state index contributed by atoms with van der Waals surface area (Å²) < 4.78 is 5.17. The molecule has 0 aliphatic carbocycles. The highest BCUT2D eigenvalue weighted by molar-refractivity contribution is 6.32. The number of carbonyl (C=O) groups is 1. The maximum absolute atomic E-state index is 11.6. The monoisotopic (exact) mass is 265 g/mol. The van der Waals surface area contributed by atoms with E-state index in [-0.39, 0.29) is 0 Å². The number of benzene rings is 1. The normalized spacial score (nSPS) is 26.6. The van der Waals surface area contributed by atoms with Crippen LogP contribution in [0.5, 0.6) is 5.75 Å². The van der Waals surface area contributed by atoms with E-state index >= 15 is 0 Å². The van der Waals surface area contributed by atoms with Gasteiger partial charge in [-0.2, -0.15) is 0 Å². The largest absolute Gasteiger partial charge is 0.495 e. The van der Waals surface area contributed by atoms with Gasteiger partial charge >= 0.3 is 0 Å². The van der Waals surface area contributed by atoms with Crippen LogP contribution in [0.25, 0.3) is 0 Å². The van der Waals surface area contributed by atoms with Crippen LogP contribution in [0, 0.1) is 0 Å². The third kappa shape index (κ3) is 1.87. The number of nitrogens with zero attached hydrogens (tertiary/aromatic N) is 1. The second-order valence-corrected chi connectivity index (χ2v) is 5.47. The zero-order chi connectivity index (χ0) is 12.7. The van der Waals surface area contributed by atoms with Crippen molar-refractivity contribution in [3.8, 4) is 5.75 Å². The lowest BCUT2D eigenvalue weighted by atomic mass is 10.0. The molecule has 96 valence electrons. The number of methoxy groups -OCH3 is 1. The molecule has 2 atom stereocenters. The molecular weight excluding hydrogens is 250 g/mol. The Hall–Kier alpha value is -1.22. The Morgan fingerprint density at radius 1 is 1.28 bits per heavy atom. The number of hydrogen-bond acceptors (Lipinski definition) is 3. The summed E-state index contributed by atoms with van der Waals surface area (Å²) in [5, 5.41) is 0.631. The molecule has 2 aliphatic rings. The highest BCUT2D eigenvalue weighted by atomic mass is 35.5. The molecule has 0 aromatic heterocycles. The van der Waals surface area contributed by atoms with Crippen LogP contribution in [0.15, 0.2) is 18.2 Å². The van der Waals surface area contributed by atoms with Crippen molar-refractivity contribution in [2.75, 3.05) is 12.0 Å². The molecule has 0 amide bonds. The van der Waals surface area contributed by atoms with E-state index in [1.807, 2.05) is 18.2 Å². The molecule has 0 spiro atoms. The third-order valence-electron chi connectivity index (χ3n) is 3.98. The van der Waals surface area contributed by atoms with E-state index < -0.39 is 0 Å². The summed E-state index contributed by atoms with van der Waals surface area (Å²) in [5.74, 6) is 1.10. The molecule has 3 rings (SSSR count). The summed E-state index contributed by atoms with van der Waals surface area (Å²) in [6, 6.07) is 6.60. The van der Waals surface area contributed by atoms with Crippen LogP contribution in [0.2, 0.25) is 5.02 Å². The Morgan fingerprint density at radius 3 is 2.50 bits per heavy atom. The summed E-state index contributed by atoms with van der Waals surface area (Å²) in [5.41, 5.74) is 1.11. The smallest absolute Gasteiger partial charge is 0.137 e. The van der Waals surface area contributed by atoms with Gasteiger partial charge in [0.15, 0.2) is 0 Å². The van der Waals surface area contributed by atoms with Gasteiger partial charge in [-0.25, -0.2) is 0 Å². The summed E-state index contributed by atoms with van der Waals surface area (Å²) in [6.45, 7) is 0. The first-order valence-electron chi connectivity index (χ1n) is 6.32. The molecule has 2 heterocycles. The summed E-state index contributed by atoms with van der Waals surface area (Å²) in [4.78, 5) is 14.0. The minimum absolute atomic E-state index is 0.362. The summed E-state index contributed by atoms with van der Waals surface area (Å²) in [6.07, 6.45) is 3.58. The van der Waals surface area contributed by atoms with Gasteiger partial charge in [-0.1, -0.05) is 11.6 Å². The van der Waals surface area contributed by atoms with Gasteiger partial charge < -0.3 is 9.64 Å². The van der Waals surface area contributed by atoms with Crippen molar-refractivity contribution in [2.24, 2.45) is 0 Å². The number of fused-ring (bicyclic) bond motifs is 2. The first-order chi connectivity index (χ1) is 8.69. The predicted molar refractivity (Wildman–Crippen MR) is 71.5 cm³/mol. The molecule has 0 N–H and O–H groups in total. The molecule has 1 aromatic rings. The third-order valence-corrected chi connectivity index (χ3v) is 4.28. The molecule has 2 aliphatic heterocycles. The van der Waals surface area contributed by atoms with Crippen molar-refractivity contribution in [3.05, 3.63) is 23.2 Å². The standard InChI is InChI=1S/C14H16ClNO2/c1-18-14-5-4-11(8-13(14)15)16-9-2-3-10(16)7-12(17)6-9/h4-5,8-10H,2-3,6-7H2,1H3. The van der Waals surface area contributed by atoms with Crippen molar-refractivity contribution >= 4 is 23.1 Å². The Balaban J connectivity index is 1.91. The lowest BCUT2D eigenvalue weighted by molar-refractivity contribution is -0.120. The fourth-order valence-corrected chi connectivity index (χ4v) is 3.46. The van der Waals surface area contributed by atoms with Gasteiger partial charge in [-0.05, 0) is 31.0 Å². The van der Waals surface area contributed by atoms with Gasteiger partial charge in [0.2, 0.25) is 0 Å². The zero-order valence-corrected chi connectivity index (χ0v) is 11.1. The number of ether oxygens (including phenoxy) is 1. The number of ketones is 1. The predicted octanol–water partition coefficient (Wildman–Crippen LogP) is 3.05. The minimum atomic E-state index is 0.362. The minimum Gasteiger partial charge on any atom is -0.495 e. The molecule has 2 fully saturated rings. The summed E-state index contributed by atoms with van der Waals surface area (Å²) >= 11 is 6.17. The van der Waals surface area contributed by atoms with E-state index in [0.717, 1.165) is 18.5 Å². The van der Waals surface area contributed by atoms with Gasteiger partial charge in [0, 0.05) is 30.6 Å². The second-order valence-electron chi connectivity index (χ2n) is 5.06. The van der Waals surface area contributed by atoms with Gasteiger partial charge in [0.05, 0.1) is 12.1 Å². The Labute approximate surface area is 112 Å². The van der Waals surface area contributed by atoms with E-state index in [1.165, 1.54) is 0 Å². The fourth-order valence-electron chi connectivity index (χ4n) is 3.21. The number of piperidine rings is 1. The highest BCUT2D eigenvalue weighted by Gasteiger charge is 2.40. The Morgan fingerprint density at radius 2 is 1.94 bits per heavy atom. The zero-order valence-electron chi connectivity index (χ0n) is 10.4. The molecule has 4 heteroatoms.